The van der Waals surface area contributed by atoms with Crippen LogP contribution >= 0.6 is 0 Å². The third-order valence-electron chi connectivity index (χ3n) is 4.88. The van der Waals surface area contributed by atoms with E-state index in [-0.39, 0.29) is 0 Å². The SMILES string of the molecule is Cc1ccc(C)c(CN2CCC(CNC3CC3)CC2)c1. The molecule has 1 aliphatic carbocycles. The minimum Gasteiger partial charge on any atom is -0.314 e. The number of hydrogen-bond donors (Lipinski definition) is 1. The first-order chi connectivity index (χ1) is 9.70. The van der Waals surface area contributed by atoms with Crippen LogP contribution in [0, 0.1) is 19.8 Å². The topological polar surface area (TPSA) is 15.3 Å². The molecule has 2 fully saturated rings. The quantitative estimate of drug-likeness (QED) is 0.885. The first-order valence-corrected chi connectivity index (χ1v) is 8.22. The van der Waals surface area contributed by atoms with Crippen LogP contribution < -0.4 is 5.32 Å². The maximum absolute atomic E-state index is 3.69. The monoisotopic (exact) mass is 272 g/mol. The maximum atomic E-state index is 3.69. The Kier molecular flexibility index (Phi) is 4.42. The van der Waals surface area contributed by atoms with E-state index in [1.807, 2.05) is 0 Å². The molecule has 0 aromatic heterocycles. The van der Waals surface area contributed by atoms with Crippen LogP contribution in [0.5, 0.6) is 0 Å². The van der Waals surface area contributed by atoms with E-state index in [1.165, 1.54) is 62.0 Å². The number of aryl methyl sites for hydroxylation is 2. The zero-order valence-electron chi connectivity index (χ0n) is 13.0. The van der Waals surface area contributed by atoms with E-state index in [4.69, 9.17) is 0 Å². The van der Waals surface area contributed by atoms with Crippen molar-refractivity contribution in [1.29, 1.82) is 0 Å². The van der Waals surface area contributed by atoms with Crippen LogP contribution in [0.1, 0.15) is 42.4 Å². The Labute approximate surface area is 123 Å². The van der Waals surface area contributed by atoms with E-state index < -0.39 is 0 Å². The zero-order valence-corrected chi connectivity index (χ0v) is 13.0. The molecule has 2 aliphatic rings. The highest BCUT2D eigenvalue weighted by Crippen LogP contribution is 2.23. The molecule has 1 saturated heterocycles. The summed E-state index contributed by atoms with van der Waals surface area (Å²) in [6.45, 7) is 9.35. The van der Waals surface area contributed by atoms with E-state index in [9.17, 15) is 0 Å². The van der Waals surface area contributed by atoms with E-state index in [0.717, 1.165) is 18.5 Å². The van der Waals surface area contributed by atoms with Gasteiger partial charge in [-0.15, -0.1) is 0 Å². The Bertz CT molecular complexity index is 443. The van der Waals surface area contributed by atoms with Gasteiger partial charge in [0, 0.05) is 12.6 Å². The van der Waals surface area contributed by atoms with Gasteiger partial charge in [-0.25, -0.2) is 0 Å². The van der Waals surface area contributed by atoms with Gasteiger partial charge in [0.1, 0.15) is 0 Å². The van der Waals surface area contributed by atoms with Crippen molar-refractivity contribution in [1.82, 2.24) is 10.2 Å². The Morgan fingerprint density at radius 1 is 1.10 bits per heavy atom. The molecular weight excluding hydrogens is 244 g/mol. The summed E-state index contributed by atoms with van der Waals surface area (Å²) in [6.07, 6.45) is 5.55. The maximum Gasteiger partial charge on any atom is 0.0236 e. The van der Waals surface area contributed by atoms with E-state index >= 15 is 0 Å². The van der Waals surface area contributed by atoms with Crippen molar-refractivity contribution in [2.24, 2.45) is 5.92 Å². The summed E-state index contributed by atoms with van der Waals surface area (Å²) in [4.78, 5) is 2.63. The molecule has 1 heterocycles. The Morgan fingerprint density at radius 2 is 1.85 bits per heavy atom. The van der Waals surface area contributed by atoms with Crippen molar-refractivity contribution in [2.75, 3.05) is 19.6 Å². The second-order valence-electron chi connectivity index (χ2n) is 6.83. The van der Waals surface area contributed by atoms with Gasteiger partial charge in [-0.05, 0) is 76.2 Å². The highest BCUT2D eigenvalue weighted by atomic mass is 15.1. The number of piperidine rings is 1. The Morgan fingerprint density at radius 3 is 2.55 bits per heavy atom. The molecule has 0 amide bonds. The second-order valence-corrected chi connectivity index (χ2v) is 6.83. The van der Waals surface area contributed by atoms with Crippen LogP contribution in [0.2, 0.25) is 0 Å². The lowest BCUT2D eigenvalue weighted by atomic mass is 9.96. The fourth-order valence-electron chi connectivity index (χ4n) is 3.18. The van der Waals surface area contributed by atoms with Gasteiger partial charge in [0.2, 0.25) is 0 Å². The van der Waals surface area contributed by atoms with Crippen molar-refractivity contribution in [3.63, 3.8) is 0 Å². The van der Waals surface area contributed by atoms with Gasteiger partial charge in [0.05, 0.1) is 0 Å². The van der Waals surface area contributed by atoms with Gasteiger partial charge in [-0.2, -0.15) is 0 Å². The molecule has 0 radical (unpaired) electrons. The number of hydrogen-bond acceptors (Lipinski definition) is 2. The molecule has 0 bridgehead atoms. The smallest absolute Gasteiger partial charge is 0.0236 e. The van der Waals surface area contributed by atoms with Gasteiger partial charge in [-0.3, -0.25) is 4.90 Å². The van der Waals surface area contributed by atoms with Crippen LogP contribution in [0.15, 0.2) is 18.2 Å². The third kappa shape index (κ3) is 3.83. The van der Waals surface area contributed by atoms with E-state index in [2.05, 4.69) is 42.3 Å². The largest absolute Gasteiger partial charge is 0.314 e. The predicted octanol–water partition coefficient (Wildman–Crippen LogP) is 3.27. The third-order valence-corrected chi connectivity index (χ3v) is 4.88. The molecule has 1 saturated carbocycles. The second kappa shape index (κ2) is 6.28. The molecule has 110 valence electrons. The number of likely N-dealkylation sites (tertiary alicyclic amines) is 1. The molecule has 1 N–H and O–H groups in total. The van der Waals surface area contributed by atoms with Gasteiger partial charge in [0.25, 0.3) is 0 Å². The summed E-state index contributed by atoms with van der Waals surface area (Å²) in [6, 6.07) is 7.70. The highest BCUT2D eigenvalue weighted by molar-refractivity contribution is 5.30. The molecule has 0 spiro atoms. The van der Waals surface area contributed by atoms with Crippen LogP contribution in [0.3, 0.4) is 0 Å². The standard InChI is InChI=1S/C18H28N2/c1-14-3-4-15(2)17(11-14)13-20-9-7-16(8-10-20)12-19-18-5-6-18/h3-4,11,16,18-19H,5-10,12-13H2,1-2H3. The number of benzene rings is 1. The summed E-state index contributed by atoms with van der Waals surface area (Å²) >= 11 is 0. The molecule has 0 unspecified atom stereocenters. The molecule has 2 nitrogen and oxygen atoms in total. The molecule has 1 aromatic rings. The number of rotatable bonds is 5. The fourth-order valence-corrected chi connectivity index (χ4v) is 3.18. The van der Waals surface area contributed by atoms with Crippen molar-refractivity contribution in [2.45, 2.75) is 52.1 Å². The molecule has 1 aromatic carbocycles. The fraction of sp³-hybridized carbons (Fsp3) is 0.667. The van der Waals surface area contributed by atoms with Crippen molar-refractivity contribution in [3.8, 4) is 0 Å². The van der Waals surface area contributed by atoms with Gasteiger partial charge in [-0.1, -0.05) is 23.8 Å². The number of nitrogens with zero attached hydrogens (tertiary/aromatic N) is 1. The molecule has 0 atom stereocenters. The zero-order chi connectivity index (χ0) is 13.9. The average molecular weight is 272 g/mol. The van der Waals surface area contributed by atoms with Crippen LogP contribution in [0.25, 0.3) is 0 Å². The van der Waals surface area contributed by atoms with Crippen LogP contribution in [-0.2, 0) is 6.54 Å². The minimum absolute atomic E-state index is 0.864. The first kappa shape index (κ1) is 14.1. The Balaban J connectivity index is 1.46. The predicted molar refractivity (Wildman–Crippen MR) is 84.9 cm³/mol. The lowest BCUT2D eigenvalue weighted by Gasteiger charge is -2.32. The average Bonchev–Trinajstić information content (AvgIpc) is 3.26. The minimum atomic E-state index is 0.864. The number of nitrogens with one attached hydrogen (secondary N) is 1. The van der Waals surface area contributed by atoms with Crippen LogP contribution in [-0.4, -0.2) is 30.6 Å². The van der Waals surface area contributed by atoms with Crippen LogP contribution in [0.4, 0.5) is 0 Å². The summed E-state index contributed by atoms with van der Waals surface area (Å²) in [7, 11) is 0. The first-order valence-electron chi connectivity index (χ1n) is 8.22. The normalized spacial score (nSPS) is 21.3. The van der Waals surface area contributed by atoms with Gasteiger partial charge in [0.15, 0.2) is 0 Å². The summed E-state index contributed by atoms with van der Waals surface area (Å²) in [5, 5.41) is 3.69. The molecule has 2 heteroatoms. The molecule has 20 heavy (non-hydrogen) atoms. The van der Waals surface area contributed by atoms with Crippen molar-refractivity contribution >= 4 is 0 Å². The van der Waals surface area contributed by atoms with Gasteiger partial charge >= 0.3 is 0 Å². The Hall–Kier alpha value is -0.860. The molecule has 1 aliphatic heterocycles. The van der Waals surface area contributed by atoms with Crippen molar-refractivity contribution in [3.05, 3.63) is 34.9 Å². The molecular formula is C18H28N2. The van der Waals surface area contributed by atoms with E-state index in [1.54, 1.807) is 0 Å². The lowest BCUT2D eigenvalue weighted by molar-refractivity contribution is 0.175. The highest BCUT2D eigenvalue weighted by Gasteiger charge is 2.24. The summed E-state index contributed by atoms with van der Waals surface area (Å²) in [5.41, 5.74) is 4.33. The molecule has 3 rings (SSSR count). The summed E-state index contributed by atoms with van der Waals surface area (Å²) in [5.74, 6) is 0.908. The van der Waals surface area contributed by atoms with Crippen molar-refractivity contribution < 1.29 is 0 Å². The van der Waals surface area contributed by atoms with E-state index in [0.29, 0.717) is 0 Å². The lowest BCUT2D eigenvalue weighted by Crippen LogP contribution is -2.37. The van der Waals surface area contributed by atoms with Gasteiger partial charge < -0.3 is 5.32 Å². The summed E-state index contributed by atoms with van der Waals surface area (Å²) < 4.78 is 0.